The number of nitrogens with zero attached hydrogens (tertiary/aromatic N) is 3. The van der Waals surface area contributed by atoms with Gasteiger partial charge in [0.05, 0.1) is 16.4 Å². The van der Waals surface area contributed by atoms with Crippen molar-refractivity contribution >= 4 is 28.8 Å². The molecule has 0 bridgehead atoms. The molecule has 0 radical (unpaired) electrons. The standard InChI is InChI=1S/C21H25N3O3S/c1-13-6-8-23(9-7-13)19(25)11-24-17-10-16(21-14(2)28-15(3)22-21)4-5-18(17)27-12-20(24)26/h4-5,10,13H,6-9,11-12H2,1-3H3. The van der Waals surface area contributed by atoms with E-state index in [1.54, 1.807) is 16.2 Å². The third kappa shape index (κ3) is 3.63. The predicted octanol–water partition coefficient (Wildman–Crippen LogP) is 3.41. The van der Waals surface area contributed by atoms with Crippen molar-refractivity contribution in [2.45, 2.75) is 33.6 Å². The number of hydrogen-bond donors (Lipinski definition) is 0. The number of carbonyl (C=O) groups excluding carboxylic acids is 2. The van der Waals surface area contributed by atoms with Crippen LogP contribution in [0.1, 0.15) is 29.7 Å². The summed E-state index contributed by atoms with van der Waals surface area (Å²) in [6, 6.07) is 5.74. The van der Waals surface area contributed by atoms with Gasteiger partial charge in [-0.15, -0.1) is 11.3 Å². The van der Waals surface area contributed by atoms with Gasteiger partial charge in [0, 0.05) is 23.5 Å². The number of amides is 2. The number of aromatic nitrogens is 1. The van der Waals surface area contributed by atoms with Crippen LogP contribution in [0.3, 0.4) is 0 Å². The number of piperidine rings is 1. The molecule has 4 rings (SSSR count). The zero-order chi connectivity index (χ0) is 19.8. The van der Waals surface area contributed by atoms with Gasteiger partial charge >= 0.3 is 0 Å². The first-order chi connectivity index (χ1) is 13.4. The first-order valence-electron chi connectivity index (χ1n) is 9.72. The van der Waals surface area contributed by atoms with Gasteiger partial charge in [0.1, 0.15) is 12.3 Å². The van der Waals surface area contributed by atoms with Gasteiger partial charge in [-0.25, -0.2) is 4.98 Å². The quantitative estimate of drug-likeness (QED) is 0.793. The van der Waals surface area contributed by atoms with Crippen molar-refractivity contribution in [1.82, 2.24) is 9.88 Å². The van der Waals surface area contributed by atoms with E-state index in [1.807, 2.05) is 36.9 Å². The summed E-state index contributed by atoms with van der Waals surface area (Å²) in [5, 5.41) is 1.00. The zero-order valence-corrected chi connectivity index (χ0v) is 17.3. The van der Waals surface area contributed by atoms with Crippen LogP contribution in [0.2, 0.25) is 0 Å². The van der Waals surface area contributed by atoms with Crippen LogP contribution in [-0.2, 0) is 9.59 Å². The largest absolute Gasteiger partial charge is 0.482 e. The Bertz CT molecular complexity index is 916. The van der Waals surface area contributed by atoms with Crippen LogP contribution < -0.4 is 9.64 Å². The Hall–Kier alpha value is -2.41. The highest BCUT2D eigenvalue weighted by Gasteiger charge is 2.30. The van der Waals surface area contributed by atoms with E-state index in [0.29, 0.717) is 17.4 Å². The van der Waals surface area contributed by atoms with Crippen LogP contribution in [0.25, 0.3) is 11.3 Å². The smallest absolute Gasteiger partial charge is 0.265 e. The Morgan fingerprint density at radius 2 is 2.04 bits per heavy atom. The Morgan fingerprint density at radius 3 is 2.71 bits per heavy atom. The molecule has 2 aliphatic heterocycles. The maximum atomic E-state index is 12.8. The lowest BCUT2D eigenvalue weighted by Crippen LogP contribution is -2.48. The molecule has 1 fully saturated rings. The molecular formula is C21H25N3O3S. The number of anilines is 1. The third-order valence-corrected chi connectivity index (χ3v) is 6.39. The lowest BCUT2D eigenvalue weighted by atomic mass is 9.99. The Morgan fingerprint density at radius 1 is 1.29 bits per heavy atom. The molecule has 0 atom stereocenters. The van der Waals surface area contributed by atoms with E-state index >= 15 is 0 Å². The second-order valence-corrected chi connectivity index (χ2v) is 9.06. The lowest BCUT2D eigenvalue weighted by molar-refractivity contribution is -0.133. The highest BCUT2D eigenvalue weighted by atomic mass is 32.1. The van der Waals surface area contributed by atoms with Crippen LogP contribution in [0.4, 0.5) is 5.69 Å². The van der Waals surface area contributed by atoms with Crippen molar-refractivity contribution in [3.05, 3.63) is 28.1 Å². The molecule has 1 saturated heterocycles. The van der Waals surface area contributed by atoms with Crippen LogP contribution in [0.5, 0.6) is 5.75 Å². The monoisotopic (exact) mass is 399 g/mol. The van der Waals surface area contributed by atoms with Crippen molar-refractivity contribution < 1.29 is 14.3 Å². The van der Waals surface area contributed by atoms with Gasteiger partial charge in [-0.2, -0.15) is 0 Å². The number of fused-ring (bicyclic) bond motifs is 1. The molecule has 1 aromatic heterocycles. The summed E-state index contributed by atoms with van der Waals surface area (Å²) in [6.45, 7) is 7.79. The molecule has 0 saturated carbocycles. The number of rotatable bonds is 3. The fourth-order valence-electron chi connectivity index (χ4n) is 3.81. The molecule has 7 heteroatoms. The maximum Gasteiger partial charge on any atom is 0.265 e. The van der Waals surface area contributed by atoms with Crippen molar-refractivity contribution in [2.75, 3.05) is 31.1 Å². The topological polar surface area (TPSA) is 62.7 Å². The summed E-state index contributed by atoms with van der Waals surface area (Å²) in [4.78, 5) is 34.6. The number of likely N-dealkylation sites (tertiary alicyclic amines) is 1. The molecule has 0 spiro atoms. The predicted molar refractivity (Wildman–Crippen MR) is 110 cm³/mol. The van der Waals surface area contributed by atoms with Crippen molar-refractivity contribution in [2.24, 2.45) is 5.92 Å². The molecule has 28 heavy (non-hydrogen) atoms. The minimum Gasteiger partial charge on any atom is -0.482 e. The molecule has 0 aliphatic carbocycles. The summed E-state index contributed by atoms with van der Waals surface area (Å²) in [6.07, 6.45) is 2.04. The third-order valence-electron chi connectivity index (χ3n) is 5.51. The zero-order valence-electron chi connectivity index (χ0n) is 16.5. The Balaban J connectivity index is 1.61. The van der Waals surface area contributed by atoms with Gasteiger partial charge < -0.3 is 9.64 Å². The van der Waals surface area contributed by atoms with E-state index in [1.165, 1.54) is 0 Å². The highest BCUT2D eigenvalue weighted by molar-refractivity contribution is 7.11. The summed E-state index contributed by atoms with van der Waals surface area (Å²) in [5.74, 6) is 1.10. The summed E-state index contributed by atoms with van der Waals surface area (Å²) >= 11 is 1.65. The lowest BCUT2D eigenvalue weighted by Gasteiger charge is -2.34. The van der Waals surface area contributed by atoms with E-state index in [9.17, 15) is 9.59 Å². The van der Waals surface area contributed by atoms with E-state index in [2.05, 4.69) is 11.9 Å². The molecule has 2 aliphatic rings. The van der Waals surface area contributed by atoms with Crippen LogP contribution in [-0.4, -0.2) is 47.9 Å². The second kappa shape index (κ2) is 7.54. The minimum atomic E-state index is -0.186. The number of hydrogen-bond acceptors (Lipinski definition) is 5. The summed E-state index contributed by atoms with van der Waals surface area (Å²) in [7, 11) is 0. The average Bonchev–Trinajstić information content (AvgIpc) is 3.02. The molecular weight excluding hydrogens is 374 g/mol. The molecule has 1 aromatic carbocycles. The van der Waals surface area contributed by atoms with Gasteiger partial charge in [-0.1, -0.05) is 6.92 Å². The maximum absolute atomic E-state index is 12.8. The van der Waals surface area contributed by atoms with Gasteiger partial charge in [0.2, 0.25) is 5.91 Å². The number of thiazole rings is 1. The van der Waals surface area contributed by atoms with E-state index < -0.39 is 0 Å². The fourth-order valence-corrected chi connectivity index (χ4v) is 4.65. The van der Waals surface area contributed by atoms with Crippen molar-refractivity contribution in [1.29, 1.82) is 0 Å². The van der Waals surface area contributed by atoms with Crippen molar-refractivity contribution in [3.8, 4) is 17.0 Å². The molecule has 2 amide bonds. The molecule has 0 unspecified atom stereocenters. The molecule has 148 valence electrons. The number of ether oxygens (including phenoxy) is 1. The van der Waals surface area contributed by atoms with Gasteiger partial charge in [0.15, 0.2) is 6.61 Å². The molecule has 0 N–H and O–H groups in total. The van der Waals surface area contributed by atoms with Crippen LogP contribution in [0, 0.1) is 19.8 Å². The van der Waals surface area contributed by atoms with Crippen LogP contribution in [0.15, 0.2) is 18.2 Å². The fraction of sp³-hybridized carbons (Fsp3) is 0.476. The van der Waals surface area contributed by atoms with Gasteiger partial charge in [-0.3, -0.25) is 14.5 Å². The molecule has 3 heterocycles. The Labute approximate surface area is 169 Å². The number of aryl methyl sites for hydroxylation is 2. The van der Waals surface area contributed by atoms with E-state index in [4.69, 9.17) is 4.74 Å². The van der Waals surface area contributed by atoms with E-state index in [-0.39, 0.29) is 25.0 Å². The molecule has 6 nitrogen and oxygen atoms in total. The summed E-state index contributed by atoms with van der Waals surface area (Å²) in [5.41, 5.74) is 2.50. The SMILES string of the molecule is Cc1nc(-c2ccc3c(c2)N(CC(=O)N2CCC(C)CC2)C(=O)CO3)c(C)s1. The number of benzene rings is 1. The van der Waals surface area contributed by atoms with Crippen LogP contribution >= 0.6 is 11.3 Å². The number of carbonyl (C=O) groups is 2. The highest BCUT2D eigenvalue weighted by Crippen LogP contribution is 2.37. The Kier molecular flexibility index (Phi) is 5.10. The van der Waals surface area contributed by atoms with E-state index in [0.717, 1.165) is 47.1 Å². The average molecular weight is 400 g/mol. The van der Waals surface area contributed by atoms with Gasteiger partial charge in [0.25, 0.3) is 5.91 Å². The first kappa shape index (κ1) is 18.9. The second-order valence-electron chi connectivity index (χ2n) is 7.65. The minimum absolute atomic E-state index is 0.000753. The summed E-state index contributed by atoms with van der Waals surface area (Å²) < 4.78 is 5.60. The molecule has 2 aromatic rings. The van der Waals surface area contributed by atoms with Crippen molar-refractivity contribution in [3.63, 3.8) is 0 Å². The first-order valence-corrected chi connectivity index (χ1v) is 10.5. The van der Waals surface area contributed by atoms with Gasteiger partial charge in [-0.05, 0) is 50.8 Å². The normalized spacial score (nSPS) is 17.5.